The number of phenols is 1. The molecule has 0 aliphatic carbocycles. The minimum Gasteiger partial charge on any atom is -0.507 e. The summed E-state index contributed by atoms with van der Waals surface area (Å²) in [7, 11) is 0. The first-order chi connectivity index (χ1) is 17.3. The molecular formula is C29H24N2O3S. The summed E-state index contributed by atoms with van der Waals surface area (Å²) in [5.74, 6) is 1.02. The first kappa shape index (κ1) is 21.6. The van der Waals surface area contributed by atoms with Gasteiger partial charge in [-0.2, -0.15) is 0 Å². The van der Waals surface area contributed by atoms with Gasteiger partial charge < -0.3 is 19.5 Å². The number of phenolic OH excluding ortho intramolecular Hbond substituents is 1. The van der Waals surface area contributed by atoms with E-state index >= 15 is 0 Å². The van der Waals surface area contributed by atoms with Crippen LogP contribution in [0.3, 0.4) is 0 Å². The van der Waals surface area contributed by atoms with Gasteiger partial charge in [0.1, 0.15) is 24.2 Å². The van der Waals surface area contributed by atoms with Crippen LogP contribution in [-0.2, 0) is 4.74 Å². The maximum Gasteiger partial charge on any atom is 0.188 e. The summed E-state index contributed by atoms with van der Waals surface area (Å²) >= 11 is 1.58. The third-order valence-electron chi connectivity index (χ3n) is 6.19. The number of thiazole rings is 1. The number of para-hydroxylation sites is 1. The van der Waals surface area contributed by atoms with Gasteiger partial charge in [0, 0.05) is 10.9 Å². The smallest absolute Gasteiger partial charge is 0.188 e. The molecule has 1 N–H and O–H groups in total. The van der Waals surface area contributed by atoms with E-state index < -0.39 is 6.23 Å². The van der Waals surface area contributed by atoms with Crippen LogP contribution in [0.1, 0.15) is 11.8 Å². The second-order valence-electron chi connectivity index (χ2n) is 8.49. The molecule has 2 atom stereocenters. The zero-order valence-electron chi connectivity index (χ0n) is 19.0. The molecule has 0 saturated carbocycles. The predicted molar refractivity (Wildman–Crippen MR) is 140 cm³/mol. The zero-order valence-corrected chi connectivity index (χ0v) is 19.8. The molecule has 0 radical (unpaired) electrons. The molecule has 6 rings (SSSR count). The number of aromatic nitrogens is 1. The maximum absolute atomic E-state index is 11.0. The van der Waals surface area contributed by atoms with E-state index in [-0.39, 0.29) is 11.9 Å². The van der Waals surface area contributed by atoms with Gasteiger partial charge in [0.25, 0.3) is 0 Å². The molecule has 6 heteroatoms. The highest BCUT2D eigenvalue weighted by Crippen LogP contribution is 2.43. The lowest BCUT2D eigenvalue weighted by Gasteiger charge is -2.24. The summed E-state index contributed by atoms with van der Waals surface area (Å²) < 4.78 is 12.6. The van der Waals surface area contributed by atoms with Gasteiger partial charge >= 0.3 is 0 Å². The van der Waals surface area contributed by atoms with Crippen LogP contribution < -0.4 is 9.64 Å². The van der Waals surface area contributed by atoms with E-state index in [1.165, 1.54) is 0 Å². The molecule has 5 aromatic rings. The first-order valence-electron chi connectivity index (χ1n) is 11.6. The van der Waals surface area contributed by atoms with E-state index in [4.69, 9.17) is 14.5 Å². The largest absolute Gasteiger partial charge is 0.507 e. The zero-order chi connectivity index (χ0) is 23.6. The number of benzene rings is 4. The minimum absolute atomic E-state index is 0.192. The van der Waals surface area contributed by atoms with Crippen LogP contribution in [0.4, 0.5) is 5.13 Å². The highest BCUT2D eigenvalue weighted by atomic mass is 32.1. The minimum atomic E-state index is -0.486. The lowest BCUT2D eigenvalue weighted by atomic mass is 10.0. The fourth-order valence-electron chi connectivity index (χ4n) is 4.50. The Kier molecular flexibility index (Phi) is 5.82. The molecule has 35 heavy (non-hydrogen) atoms. The van der Waals surface area contributed by atoms with Gasteiger partial charge in [0.2, 0.25) is 0 Å². The van der Waals surface area contributed by atoms with Crippen LogP contribution in [-0.4, -0.2) is 29.3 Å². The third kappa shape index (κ3) is 4.34. The Hall–Kier alpha value is -3.87. The van der Waals surface area contributed by atoms with Crippen molar-refractivity contribution in [3.8, 4) is 22.8 Å². The highest BCUT2D eigenvalue weighted by Gasteiger charge is 2.38. The van der Waals surface area contributed by atoms with Crippen molar-refractivity contribution in [1.82, 2.24) is 4.98 Å². The predicted octanol–water partition coefficient (Wildman–Crippen LogP) is 6.65. The normalized spacial score (nSPS) is 17.7. The molecule has 0 spiro atoms. The van der Waals surface area contributed by atoms with Crippen LogP contribution in [0.15, 0.2) is 102 Å². The topological polar surface area (TPSA) is 54.8 Å². The summed E-state index contributed by atoms with van der Waals surface area (Å²) in [5, 5.41) is 15.9. The van der Waals surface area contributed by atoms with Crippen LogP contribution in [0.2, 0.25) is 0 Å². The second kappa shape index (κ2) is 9.41. The van der Waals surface area contributed by atoms with Crippen molar-refractivity contribution in [2.45, 2.75) is 12.3 Å². The molecule has 1 saturated heterocycles. The van der Waals surface area contributed by atoms with E-state index in [1.54, 1.807) is 17.4 Å². The number of rotatable bonds is 6. The Labute approximate surface area is 207 Å². The van der Waals surface area contributed by atoms with Gasteiger partial charge in [-0.25, -0.2) is 4.98 Å². The third-order valence-corrected chi connectivity index (χ3v) is 7.06. The summed E-state index contributed by atoms with van der Waals surface area (Å²) in [6.45, 7) is 1.00. The van der Waals surface area contributed by atoms with E-state index in [2.05, 4.69) is 22.4 Å². The van der Waals surface area contributed by atoms with Crippen molar-refractivity contribution >= 4 is 27.2 Å². The van der Waals surface area contributed by atoms with Crippen LogP contribution in [0.5, 0.6) is 11.5 Å². The molecule has 1 aliphatic heterocycles. The Bertz CT molecular complexity index is 1440. The van der Waals surface area contributed by atoms with Gasteiger partial charge in [-0.05, 0) is 29.0 Å². The van der Waals surface area contributed by atoms with Crippen molar-refractivity contribution in [2.24, 2.45) is 0 Å². The molecule has 1 fully saturated rings. The van der Waals surface area contributed by atoms with Gasteiger partial charge in [-0.15, -0.1) is 11.3 Å². The van der Waals surface area contributed by atoms with Gasteiger partial charge in [-0.3, -0.25) is 0 Å². The Morgan fingerprint density at radius 2 is 1.66 bits per heavy atom. The molecule has 1 aliphatic rings. The molecule has 2 heterocycles. The lowest BCUT2D eigenvalue weighted by molar-refractivity contribution is 0.0206. The molecule has 5 nitrogen and oxygen atoms in total. The van der Waals surface area contributed by atoms with Crippen LogP contribution in [0.25, 0.3) is 22.0 Å². The number of aromatic hydroxyl groups is 1. The molecule has 1 aromatic heterocycles. The number of fused-ring (bicyclic) bond motifs is 1. The van der Waals surface area contributed by atoms with Crippen molar-refractivity contribution in [1.29, 1.82) is 0 Å². The van der Waals surface area contributed by atoms with E-state index in [0.717, 1.165) is 38.5 Å². The summed E-state index contributed by atoms with van der Waals surface area (Å²) in [5.41, 5.74) is 2.75. The van der Waals surface area contributed by atoms with Gasteiger partial charge in [0.05, 0.1) is 17.8 Å². The van der Waals surface area contributed by atoms with E-state index in [0.29, 0.717) is 13.2 Å². The van der Waals surface area contributed by atoms with Crippen LogP contribution in [0, 0.1) is 0 Å². The van der Waals surface area contributed by atoms with Gasteiger partial charge in [0.15, 0.2) is 11.4 Å². The quantitative estimate of drug-likeness (QED) is 0.295. The maximum atomic E-state index is 11.0. The number of hydrogen-bond acceptors (Lipinski definition) is 6. The molecular weight excluding hydrogens is 456 g/mol. The highest BCUT2D eigenvalue weighted by molar-refractivity contribution is 7.14. The molecule has 4 aromatic carbocycles. The first-order valence-corrected chi connectivity index (χ1v) is 12.5. The SMILES string of the molecule is Oc1ccc2ccccc2c1C1OC(COc2ccccc2)CN1c1nc(-c2ccccc2)cs1. The summed E-state index contributed by atoms with van der Waals surface area (Å²) in [6.07, 6.45) is -0.678. The Balaban J connectivity index is 1.36. The fourth-order valence-corrected chi connectivity index (χ4v) is 5.36. The standard InChI is InChI=1S/C29H24N2O3S/c32-26-16-15-20-9-7-8-14-24(20)27(26)28-31(17-23(34-28)18-33-22-12-5-2-6-13-22)29-30-25(19-35-29)21-10-3-1-4-11-21/h1-16,19,23,28,32H,17-18H2. The fraction of sp³-hybridized carbons (Fsp3) is 0.138. The Morgan fingerprint density at radius 1 is 0.914 bits per heavy atom. The molecule has 174 valence electrons. The van der Waals surface area contributed by atoms with Crippen molar-refractivity contribution < 1.29 is 14.6 Å². The molecule has 0 bridgehead atoms. The Morgan fingerprint density at radius 3 is 2.49 bits per heavy atom. The van der Waals surface area contributed by atoms with Crippen molar-refractivity contribution in [3.05, 3.63) is 108 Å². The lowest BCUT2D eigenvalue weighted by Crippen LogP contribution is -2.26. The monoisotopic (exact) mass is 480 g/mol. The van der Waals surface area contributed by atoms with E-state index in [9.17, 15) is 5.11 Å². The number of nitrogens with zero attached hydrogens (tertiary/aromatic N) is 2. The van der Waals surface area contributed by atoms with Crippen molar-refractivity contribution in [2.75, 3.05) is 18.1 Å². The summed E-state index contributed by atoms with van der Waals surface area (Å²) in [4.78, 5) is 7.08. The average Bonchev–Trinajstić information content (AvgIpc) is 3.56. The number of anilines is 1. The molecule has 0 amide bonds. The van der Waals surface area contributed by atoms with Crippen LogP contribution >= 0.6 is 11.3 Å². The van der Waals surface area contributed by atoms with Gasteiger partial charge in [-0.1, -0.05) is 78.9 Å². The van der Waals surface area contributed by atoms with E-state index in [1.807, 2.05) is 78.9 Å². The second-order valence-corrected chi connectivity index (χ2v) is 9.32. The number of hydrogen-bond donors (Lipinski definition) is 1. The molecule has 2 unspecified atom stereocenters. The van der Waals surface area contributed by atoms with Crippen molar-refractivity contribution in [3.63, 3.8) is 0 Å². The number of ether oxygens (including phenoxy) is 2. The summed E-state index contributed by atoms with van der Waals surface area (Å²) in [6, 6.07) is 31.6. The average molecular weight is 481 g/mol.